The van der Waals surface area contributed by atoms with Crippen molar-refractivity contribution in [2.75, 3.05) is 7.11 Å². The minimum atomic E-state index is -0.846. The van der Waals surface area contributed by atoms with E-state index in [0.717, 1.165) is 19.3 Å². The first-order chi connectivity index (χ1) is 9.77. The Labute approximate surface area is 124 Å². The van der Waals surface area contributed by atoms with Gasteiger partial charge >= 0.3 is 5.97 Å². The zero-order chi connectivity index (χ0) is 15.7. The molecular formula is C14H24N4O3. The summed E-state index contributed by atoms with van der Waals surface area (Å²) in [5.74, 6) is -0.140. The second kappa shape index (κ2) is 5.71. The van der Waals surface area contributed by atoms with Crippen LogP contribution in [0.5, 0.6) is 0 Å². The highest BCUT2D eigenvalue weighted by Crippen LogP contribution is 2.39. The fraction of sp³-hybridized carbons (Fsp3) is 0.857. The number of ether oxygens (including phenoxy) is 1. The van der Waals surface area contributed by atoms with Crippen LogP contribution in [0.2, 0.25) is 0 Å². The van der Waals surface area contributed by atoms with Gasteiger partial charge in [0.25, 0.3) is 0 Å². The van der Waals surface area contributed by atoms with Crippen LogP contribution >= 0.6 is 0 Å². The second-order valence-electron chi connectivity index (χ2n) is 6.94. The predicted molar refractivity (Wildman–Crippen MR) is 75.9 cm³/mol. The normalized spacial score (nSPS) is 19.0. The lowest BCUT2D eigenvalue weighted by molar-refractivity contribution is -0.139. The summed E-state index contributed by atoms with van der Waals surface area (Å²) in [6, 6.07) is -0.283. The lowest BCUT2D eigenvalue weighted by Crippen LogP contribution is -2.42. The molecule has 0 saturated heterocycles. The first-order valence-corrected chi connectivity index (χ1v) is 7.31. The van der Waals surface area contributed by atoms with Gasteiger partial charge in [0, 0.05) is 13.5 Å². The van der Waals surface area contributed by atoms with Crippen molar-refractivity contribution in [1.29, 1.82) is 0 Å². The first-order valence-electron chi connectivity index (χ1n) is 7.31. The molecule has 7 nitrogen and oxygen atoms in total. The lowest BCUT2D eigenvalue weighted by Gasteiger charge is -2.40. The lowest BCUT2D eigenvalue weighted by atomic mass is 9.77. The summed E-state index contributed by atoms with van der Waals surface area (Å²) in [6.45, 7) is 6.00. The highest BCUT2D eigenvalue weighted by atomic mass is 16.5. The number of methoxy groups -OCH3 is 1. The highest BCUT2D eigenvalue weighted by Gasteiger charge is 2.40. The minimum Gasteiger partial charge on any atom is -0.481 e. The van der Waals surface area contributed by atoms with Crippen molar-refractivity contribution in [1.82, 2.24) is 20.2 Å². The van der Waals surface area contributed by atoms with E-state index in [-0.39, 0.29) is 23.5 Å². The molecule has 0 amide bonds. The molecule has 21 heavy (non-hydrogen) atoms. The van der Waals surface area contributed by atoms with Crippen LogP contribution in [-0.4, -0.2) is 44.0 Å². The summed E-state index contributed by atoms with van der Waals surface area (Å²) in [6.07, 6.45) is 3.77. The third-order valence-electron chi connectivity index (χ3n) is 4.40. The number of carboxylic acids is 1. The topological polar surface area (TPSA) is 90.1 Å². The second-order valence-corrected chi connectivity index (χ2v) is 6.94. The number of nitrogens with zero attached hydrogens (tertiary/aromatic N) is 4. The van der Waals surface area contributed by atoms with E-state index in [2.05, 4.69) is 15.5 Å². The van der Waals surface area contributed by atoms with Crippen molar-refractivity contribution in [2.45, 2.75) is 64.5 Å². The van der Waals surface area contributed by atoms with E-state index in [1.165, 1.54) is 0 Å². The molecule has 1 aliphatic rings. The van der Waals surface area contributed by atoms with Gasteiger partial charge < -0.3 is 9.84 Å². The molecule has 0 spiro atoms. The number of carbonyl (C=O) groups is 1. The van der Waals surface area contributed by atoms with Crippen LogP contribution < -0.4 is 0 Å². The van der Waals surface area contributed by atoms with Crippen LogP contribution in [0, 0.1) is 5.41 Å². The largest absolute Gasteiger partial charge is 0.481 e. The van der Waals surface area contributed by atoms with Crippen molar-refractivity contribution in [3.8, 4) is 0 Å². The molecular weight excluding hydrogens is 272 g/mol. The Hall–Kier alpha value is -1.50. The summed E-state index contributed by atoms with van der Waals surface area (Å²) in [7, 11) is 1.71. The number of hydrogen-bond donors (Lipinski definition) is 1. The van der Waals surface area contributed by atoms with Gasteiger partial charge in [-0.2, -0.15) is 0 Å². The van der Waals surface area contributed by atoms with E-state index in [1.54, 1.807) is 11.8 Å². The van der Waals surface area contributed by atoms with E-state index in [9.17, 15) is 4.79 Å². The molecule has 1 fully saturated rings. The number of rotatable bonds is 6. The monoisotopic (exact) mass is 296 g/mol. The van der Waals surface area contributed by atoms with Crippen LogP contribution in [-0.2, 0) is 16.0 Å². The maximum absolute atomic E-state index is 11.2. The van der Waals surface area contributed by atoms with Crippen LogP contribution in [0.25, 0.3) is 0 Å². The maximum Gasteiger partial charge on any atom is 0.305 e. The molecule has 1 N–H and O–H groups in total. The zero-order valence-electron chi connectivity index (χ0n) is 13.2. The molecule has 0 aromatic carbocycles. The van der Waals surface area contributed by atoms with E-state index in [0.29, 0.717) is 12.2 Å². The van der Waals surface area contributed by atoms with E-state index >= 15 is 0 Å². The molecule has 118 valence electrons. The first kappa shape index (κ1) is 15.9. The van der Waals surface area contributed by atoms with Gasteiger partial charge in [-0.05, 0) is 35.1 Å². The van der Waals surface area contributed by atoms with Gasteiger partial charge in [-0.15, -0.1) is 5.10 Å². The third kappa shape index (κ3) is 3.40. The van der Waals surface area contributed by atoms with Gasteiger partial charge in [0.1, 0.15) is 0 Å². The standard InChI is InChI=1S/C14H24N4O3/c1-13(2,3)10(8-12(19)20)18-11(15-16-17-18)9-14(21-4)6-5-7-14/h10H,5-9H2,1-4H3,(H,19,20). The Morgan fingerprint density at radius 3 is 2.57 bits per heavy atom. The van der Waals surface area contributed by atoms with Gasteiger partial charge in [0.15, 0.2) is 5.82 Å². The number of aromatic nitrogens is 4. The molecule has 1 aromatic rings. The van der Waals surface area contributed by atoms with Crippen molar-refractivity contribution in [3.63, 3.8) is 0 Å². The molecule has 0 bridgehead atoms. The third-order valence-corrected chi connectivity index (χ3v) is 4.40. The quantitative estimate of drug-likeness (QED) is 0.861. The molecule has 0 aliphatic heterocycles. The Morgan fingerprint density at radius 2 is 2.14 bits per heavy atom. The van der Waals surface area contributed by atoms with Crippen molar-refractivity contribution in [2.24, 2.45) is 5.41 Å². The summed E-state index contributed by atoms with van der Waals surface area (Å²) in [5, 5.41) is 21.1. The van der Waals surface area contributed by atoms with Crippen LogP contribution in [0.3, 0.4) is 0 Å². The Balaban J connectivity index is 2.26. The fourth-order valence-corrected chi connectivity index (χ4v) is 2.81. The number of carboxylic acid groups (broad SMARTS) is 1. The number of tetrazole rings is 1. The van der Waals surface area contributed by atoms with Gasteiger partial charge in [-0.1, -0.05) is 20.8 Å². The van der Waals surface area contributed by atoms with Crippen molar-refractivity contribution >= 4 is 5.97 Å². The molecule has 1 saturated carbocycles. The molecule has 1 aliphatic carbocycles. The Morgan fingerprint density at radius 1 is 1.48 bits per heavy atom. The van der Waals surface area contributed by atoms with Crippen LogP contribution in [0.15, 0.2) is 0 Å². The number of hydrogen-bond acceptors (Lipinski definition) is 5. The van der Waals surface area contributed by atoms with Gasteiger partial charge in [-0.3, -0.25) is 4.79 Å². The van der Waals surface area contributed by atoms with Crippen molar-refractivity contribution in [3.05, 3.63) is 5.82 Å². The fourth-order valence-electron chi connectivity index (χ4n) is 2.81. The summed E-state index contributed by atoms with van der Waals surface area (Å²) in [5.41, 5.74) is -0.430. The zero-order valence-corrected chi connectivity index (χ0v) is 13.2. The summed E-state index contributed by atoms with van der Waals surface area (Å²) in [4.78, 5) is 11.2. The molecule has 1 heterocycles. The smallest absolute Gasteiger partial charge is 0.305 e. The van der Waals surface area contributed by atoms with Crippen LogP contribution in [0.1, 0.15) is 58.3 Å². The molecule has 7 heteroatoms. The van der Waals surface area contributed by atoms with Crippen molar-refractivity contribution < 1.29 is 14.6 Å². The molecule has 1 aromatic heterocycles. The minimum absolute atomic E-state index is 0.00151. The summed E-state index contributed by atoms with van der Waals surface area (Å²) < 4.78 is 7.30. The highest BCUT2D eigenvalue weighted by molar-refractivity contribution is 5.67. The SMILES string of the molecule is COC1(Cc2nnnn2C(CC(=O)O)C(C)(C)C)CCC1. The summed E-state index contributed by atoms with van der Waals surface area (Å²) >= 11 is 0. The van der Waals surface area contributed by atoms with E-state index in [4.69, 9.17) is 9.84 Å². The average molecular weight is 296 g/mol. The molecule has 1 unspecified atom stereocenters. The number of aliphatic carboxylic acids is 1. The molecule has 2 rings (SSSR count). The predicted octanol–water partition coefficient (Wildman–Crippen LogP) is 1.85. The Kier molecular flexibility index (Phi) is 4.32. The molecule has 0 radical (unpaired) electrons. The Bertz CT molecular complexity index is 497. The van der Waals surface area contributed by atoms with E-state index in [1.807, 2.05) is 20.8 Å². The van der Waals surface area contributed by atoms with Gasteiger partial charge in [-0.25, -0.2) is 4.68 Å². The van der Waals surface area contributed by atoms with Gasteiger partial charge in [0.2, 0.25) is 0 Å². The van der Waals surface area contributed by atoms with Gasteiger partial charge in [0.05, 0.1) is 18.1 Å². The average Bonchev–Trinajstić information content (AvgIpc) is 2.76. The molecule has 1 atom stereocenters. The maximum atomic E-state index is 11.2. The van der Waals surface area contributed by atoms with E-state index < -0.39 is 5.97 Å². The van der Waals surface area contributed by atoms with Crippen LogP contribution in [0.4, 0.5) is 0 Å².